The molecule has 2 heterocycles. The second-order valence-corrected chi connectivity index (χ2v) is 14.3. The Hall–Kier alpha value is -2.53. The number of benzene rings is 2. The van der Waals surface area contributed by atoms with Crippen molar-refractivity contribution in [3.05, 3.63) is 52.0 Å². The number of nitrogens with zero attached hydrogens (tertiary/aromatic N) is 3. The van der Waals surface area contributed by atoms with Crippen LogP contribution >= 0.6 is 35.0 Å². The number of urea groups is 1. The molecule has 1 saturated carbocycles. The summed E-state index contributed by atoms with van der Waals surface area (Å²) in [5, 5.41) is 53.5. The molecule has 13 nitrogen and oxygen atoms in total. The minimum atomic E-state index is -1.77. The molecule has 5 atom stereocenters. The molecule has 5 rings (SSSR count). The summed E-state index contributed by atoms with van der Waals surface area (Å²) in [6, 6.07) is 11.4. The summed E-state index contributed by atoms with van der Waals surface area (Å²) in [6.07, 6.45) is -3.11. The molecule has 1 saturated heterocycles. The number of amides is 3. The molecular formula is C33H45Cl2N5O8S. The van der Waals surface area contributed by atoms with Crippen LogP contribution in [0, 0.1) is 0 Å². The summed E-state index contributed by atoms with van der Waals surface area (Å²) in [6.45, 7) is 1.45. The number of carbonyl (C=O) groups excluding carboxylic acids is 2. The van der Waals surface area contributed by atoms with E-state index in [1.807, 2.05) is 23.1 Å². The summed E-state index contributed by atoms with van der Waals surface area (Å²) in [5.74, 6) is 1.96. The van der Waals surface area contributed by atoms with E-state index in [2.05, 4.69) is 26.5 Å². The number of rotatable bonds is 16. The van der Waals surface area contributed by atoms with Crippen LogP contribution in [0.15, 0.2) is 36.4 Å². The van der Waals surface area contributed by atoms with Crippen LogP contribution in [0.1, 0.15) is 31.2 Å². The molecule has 3 aliphatic rings. The van der Waals surface area contributed by atoms with Gasteiger partial charge in [0.25, 0.3) is 0 Å². The van der Waals surface area contributed by atoms with Crippen LogP contribution in [0.4, 0.5) is 16.2 Å². The van der Waals surface area contributed by atoms with Gasteiger partial charge in [0.05, 0.1) is 41.8 Å². The summed E-state index contributed by atoms with van der Waals surface area (Å²) in [7, 11) is 0. The number of anilines is 2. The van der Waals surface area contributed by atoms with Gasteiger partial charge in [0, 0.05) is 61.5 Å². The van der Waals surface area contributed by atoms with E-state index in [0.29, 0.717) is 72.5 Å². The smallest absolute Gasteiger partial charge is 0.314 e. The maximum absolute atomic E-state index is 13.9. The molecular weight excluding hydrogens is 697 g/mol. The van der Waals surface area contributed by atoms with Gasteiger partial charge in [-0.1, -0.05) is 35.3 Å². The monoisotopic (exact) mass is 741 g/mol. The zero-order valence-electron chi connectivity index (χ0n) is 27.1. The molecule has 0 aromatic heterocycles. The van der Waals surface area contributed by atoms with Crippen LogP contribution in [-0.4, -0.2) is 130 Å². The molecule has 49 heavy (non-hydrogen) atoms. The molecule has 3 amide bonds. The highest BCUT2D eigenvalue weighted by atomic mass is 35.5. The van der Waals surface area contributed by atoms with Gasteiger partial charge in [-0.3, -0.25) is 9.69 Å². The van der Waals surface area contributed by atoms with E-state index in [-0.39, 0.29) is 18.5 Å². The topological polar surface area (TPSA) is 178 Å². The van der Waals surface area contributed by atoms with Gasteiger partial charge in [0.2, 0.25) is 5.91 Å². The lowest BCUT2D eigenvalue weighted by atomic mass is 10.0. The Kier molecular flexibility index (Phi) is 13.6. The Labute approximate surface area is 300 Å². The lowest BCUT2D eigenvalue weighted by Gasteiger charge is -2.39. The van der Waals surface area contributed by atoms with Crippen LogP contribution < -0.4 is 25.2 Å². The minimum Gasteiger partial charge on any atom is -0.492 e. The summed E-state index contributed by atoms with van der Waals surface area (Å²) >= 11 is 15.0. The van der Waals surface area contributed by atoms with E-state index in [4.69, 9.17) is 33.0 Å². The Morgan fingerprint density at radius 3 is 2.43 bits per heavy atom. The number of thioether (sulfide) groups is 1. The van der Waals surface area contributed by atoms with Crippen molar-refractivity contribution in [1.29, 1.82) is 0 Å². The Bertz CT molecular complexity index is 1440. The van der Waals surface area contributed by atoms with Gasteiger partial charge >= 0.3 is 6.03 Å². The predicted molar refractivity (Wildman–Crippen MR) is 190 cm³/mol. The van der Waals surface area contributed by atoms with Gasteiger partial charge in [0.1, 0.15) is 24.1 Å². The maximum atomic E-state index is 13.9. The van der Waals surface area contributed by atoms with Crippen molar-refractivity contribution in [2.45, 2.75) is 68.7 Å². The van der Waals surface area contributed by atoms with Gasteiger partial charge in [-0.2, -0.15) is 0 Å². The molecule has 2 aliphatic heterocycles. The minimum absolute atomic E-state index is 0.105. The van der Waals surface area contributed by atoms with Gasteiger partial charge in [-0.05, 0) is 49.4 Å². The van der Waals surface area contributed by atoms with Gasteiger partial charge < -0.3 is 50.7 Å². The number of aliphatic hydroxyl groups is 5. The van der Waals surface area contributed by atoms with Crippen LogP contribution in [0.2, 0.25) is 10.0 Å². The lowest BCUT2D eigenvalue weighted by Crippen LogP contribution is -2.52. The van der Waals surface area contributed by atoms with E-state index in [0.717, 1.165) is 23.5 Å². The third kappa shape index (κ3) is 9.63. The van der Waals surface area contributed by atoms with Crippen LogP contribution in [0.25, 0.3) is 0 Å². The third-order valence-electron chi connectivity index (χ3n) is 8.94. The number of ether oxygens (including phenoxy) is 1. The Morgan fingerprint density at radius 2 is 1.69 bits per heavy atom. The molecule has 16 heteroatoms. The number of fused-ring (bicyclic) bond motifs is 1. The van der Waals surface area contributed by atoms with Crippen molar-refractivity contribution in [3.63, 3.8) is 0 Å². The molecule has 0 radical (unpaired) electrons. The number of unbranched alkanes of at least 4 members (excludes halogenated alkanes) is 1. The largest absolute Gasteiger partial charge is 0.492 e. The normalized spacial score (nSPS) is 20.3. The summed E-state index contributed by atoms with van der Waals surface area (Å²) in [4.78, 5) is 32.5. The number of aliphatic hydroxyl groups excluding tert-OH is 5. The van der Waals surface area contributed by atoms with Crippen molar-refractivity contribution in [2.24, 2.45) is 0 Å². The Morgan fingerprint density at radius 1 is 0.959 bits per heavy atom. The maximum Gasteiger partial charge on any atom is 0.314 e. The number of halogens is 2. The zero-order valence-corrected chi connectivity index (χ0v) is 29.4. The highest BCUT2D eigenvalue weighted by Crippen LogP contribution is 2.41. The third-order valence-corrected chi connectivity index (χ3v) is 10.7. The van der Waals surface area contributed by atoms with Crippen LogP contribution in [0.5, 0.6) is 5.75 Å². The van der Waals surface area contributed by atoms with Crippen molar-refractivity contribution in [2.75, 3.05) is 60.8 Å². The van der Waals surface area contributed by atoms with Crippen LogP contribution in [0.3, 0.4) is 0 Å². The highest BCUT2D eigenvalue weighted by molar-refractivity contribution is 7.99. The number of hydrogen-bond donors (Lipinski definition) is 7. The first-order chi connectivity index (χ1) is 23.6. The number of carbonyl (C=O) groups is 2. The predicted octanol–water partition coefficient (Wildman–Crippen LogP) is 1.78. The number of hydrogen-bond acceptors (Lipinski definition) is 11. The van der Waals surface area contributed by atoms with E-state index in [1.165, 1.54) is 12.8 Å². The number of para-hydroxylation sites is 2. The van der Waals surface area contributed by atoms with E-state index >= 15 is 0 Å². The quantitative estimate of drug-likeness (QED) is 0.125. The molecule has 0 bridgehead atoms. The fraction of sp³-hybridized carbons (Fsp3) is 0.576. The van der Waals surface area contributed by atoms with Crippen molar-refractivity contribution in [1.82, 2.24) is 15.5 Å². The highest BCUT2D eigenvalue weighted by Gasteiger charge is 2.40. The van der Waals surface area contributed by atoms with Crippen molar-refractivity contribution < 1.29 is 39.9 Å². The van der Waals surface area contributed by atoms with E-state index in [1.54, 1.807) is 23.9 Å². The van der Waals surface area contributed by atoms with Crippen molar-refractivity contribution >= 4 is 58.3 Å². The first-order valence-electron chi connectivity index (χ1n) is 16.5. The van der Waals surface area contributed by atoms with Crippen LogP contribution in [-0.2, 0) is 11.3 Å². The van der Waals surface area contributed by atoms with Gasteiger partial charge in [0.15, 0.2) is 0 Å². The molecule has 2 fully saturated rings. The van der Waals surface area contributed by atoms with E-state index in [9.17, 15) is 30.0 Å². The first-order valence-corrected chi connectivity index (χ1v) is 18.4. The average molecular weight is 743 g/mol. The first kappa shape index (κ1) is 37.7. The van der Waals surface area contributed by atoms with Gasteiger partial charge in [-0.25, -0.2) is 4.79 Å². The SMILES string of the molecule is O=C(NCCCCOc1cc(Cl)c(CN2CSC[C@H]2C(=O)N2CCN(C3CC3)c3ccccc32)cc1Cl)NC[C@H](O)[C@@H](O)[C@H](O)[C@H](O)CO. The molecule has 1 aliphatic carbocycles. The standard InChI is InChI=1S/C33H45Cl2N5O8S/c34-22-14-29(48-12-4-3-9-36-33(47)37-15-27(42)30(44)31(45)28(43)17-41)23(35)13-20(22)16-38-19-49-18-26(38)32(46)40-11-10-39(21-7-8-21)24-5-1-2-6-25(24)40/h1-2,5-6,13-14,21,26-28,30-31,41-45H,3-4,7-12,15-19H2,(H2,36,37,47)/t26-,27-,28+,30+,31+/m0/s1. The molecule has 0 spiro atoms. The second-order valence-electron chi connectivity index (χ2n) is 12.5. The van der Waals surface area contributed by atoms with E-state index < -0.39 is 37.1 Å². The van der Waals surface area contributed by atoms with Crippen molar-refractivity contribution in [3.8, 4) is 5.75 Å². The fourth-order valence-corrected chi connectivity index (χ4v) is 7.64. The zero-order chi connectivity index (χ0) is 35.1. The molecule has 2 aromatic carbocycles. The number of nitrogens with one attached hydrogen (secondary N) is 2. The summed E-state index contributed by atoms with van der Waals surface area (Å²) < 4.78 is 5.86. The Balaban J connectivity index is 1.05. The lowest BCUT2D eigenvalue weighted by molar-refractivity contribution is -0.122. The molecule has 0 unspecified atom stereocenters. The molecule has 7 N–H and O–H groups in total. The molecule has 270 valence electrons. The van der Waals surface area contributed by atoms with Gasteiger partial charge in [-0.15, -0.1) is 11.8 Å². The summed E-state index contributed by atoms with van der Waals surface area (Å²) in [5.41, 5.74) is 2.93. The molecule has 2 aromatic rings. The fourth-order valence-electron chi connectivity index (χ4n) is 5.99. The second kappa shape index (κ2) is 17.6. The average Bonchev–Trinajstić information content (AvgIpc) is 3.85.